The van der Waals surface area contributed by atoms with Crippen molar-refractivity contribution in [3.63, 3.8) is 0 Å². The lowest BCUT2D eigenvalue weighted by molar-refractivity contribution is 0.303. The maximum absolute atomic E-state index is 6.03. The standard InChI is InChI=1S/C16H18ClNOS/c1-11-3-2-4-12(9-18-13-5-6-13)16(11)19-10-14-7-8-15(17)20-14/h2-4,7-8,13,18H,5-6,9-10H2,1H3. The number of thiophene rings is 1. The zero-order chi connectivity index (χ0) is 13.9. The smallest absolute Gasteiger partial charge is 0.127 e. The molecule has 0 bridgehead atoms. The summed E-state index contributed by atoms with van der Waals surface area (Å²) in [5.41, 5.74) is 2.42. The maximum Gasteiger partial charge on any atom is 0.127 e. The maximum atomic E-state index is 6.03. The van der Waals surface area contributed by atoms with E-state index in [2.05, 4.69) is 30.4 Å². The zero-order valence-electron chi connectivity index (χ0n) is 11.5. The Bertz CT molecular complexity index is 592. The molecule has 0 aliphatic heterocycles. The van der Waals surface area contributed by atoms with E-state index in [0.29, 0.717) is 12.6 Å². The molecule has 1 aromatic heterocycles. The summed E-state index contributed by atoms with van der Waals surface area (Å²) in [5.74, 6) is 1.00. The van der Waals surface area contributed by atoms with Gasteiger partial charge in [0.25, 0.3) is 0 Å². The summed E-state index contributed by atoms with van der Waals surface area (Å²) in [6.07, 6.45) is 2.60. The van der Waals surface area contributed by atoms with E-state index in [-0.39, 0.29) is 0 Å². The summed E-state index contributed by atoms with van der Waals surface area (Å²) in [6, 6.07) is 11.0. The average Bonchev–Trinajstić information content (AvgIpc) is 3.17. The van der Waals surface area contributed by atoms with Gasteiger partial charge in [0, 0.05) is 23.0 Å². The van der Waals surface area contributed by atoms with Gasteiger partial charge in [0.2, 0.25) is 0 Å². The minimum absolute atomic E-state index is 0.582. The van der Waals surface area contributed by atoms with Gasteiger partial charge < -0.3 is 10.1 Å². The summed E-state index contributed by atoms with van der Waals surface area (Å²) in [7, 11) is 0. The molecule has 4 heteroatoms. The molecular formula is C16H18ClNOS. The van der Waals surface area contributed by atoms with Crippen molar-refractivity contribution in [3.05, 3.63) is 50.7 Å². The molecule has 1 saturated carbocycles. The van der Waals surface area contributed by atoms with Crippen LogP contribution in [0.15, 0.2) is 30.3 Å². The van der Waals surface area contributed by atoms with Crippen LogP contribution < -0.4 is 10.1 Å². The van der Waals surface area contributed by atoms with E-state index in [1.165, 1.54) is 24.0 Å². The van der Waals surface area contributed by atoms with Crippen LogP contribution in [-0.2, 0) is 13.2 Å². The van der Waals surface area contributed by atoms with Crippen LogP contribution in [0.3, 0.4) is 0 Å². The second-order valence-corrected chi connectivity index (χ2v) is 7.01. The number of halogens is 1. The van der Waals surface area contributed by atoms with Crippen LogP contribution in [0.4, 0.5) is 0 Å². The molecule has 0 saturated heterocycles. The fourth-order valence-electron chi connectivity index (χ4n) is 2.17. The van der Waals surface area contributed by atoms with Gasteiger partial charge >= 0.3 is 0 Å². The van der Waals surface area contributed by atoms with Crippen LogP contribution in [0.1, 0.15) is 28.8 Å². The van der Waals surface area contributed by atoms with Gasteiger partial charge in [0.15, 0.2) is 0 Å². The summed E-state index contributed by atoms with van der Waals surface area (Å²) in [5, 5.41) is 3.54. The highest BCUT2D eigenvalue weighted by atomic mass is 35.5. The van der Waals surface area contributed by atoms with Crippen molar-refractivity contribution in [2.24, 2.45) is 0 Å². The lowest BCUT2D eigenvalue weighted by Gasteiger charge is -2.14. The fraction of sp³-hybridized carbons (Fsp3) is 0.375. The number of para-hydroxylation sites is 1. The fourth-order valence-corrected chi connectivity index (χ4v) is 3.17. The third-order valence-corrected chi connectivity index (χ3v) is 4.64. The van der Waals surface area contributed by atoms with Gasteiger partial charge in [-0.05, 0) is 37.5 Å². The van der Waals surface area contributed by atoms with Crippen molar-refractivity contribution in [2.45, 2.75) is 39.0 Å². The van der Waals surface area contributed by atoms with Crippen molar-refractivity contribution >= 4 is 22.9 Å². The van der Waals surface area contributed by atoms with Gasteiger partial charge in [-0.25, -0.2) is 0 Å². The first-order chi connectivity index (χ1) is 9.72. The van der Waals surface area contributed by atoms with Crippen LogP contribution in [0.5, 0.6) is 5.75 Å². The molecule has 3 rings (SSSR count). The highest BCUT2D eigenvalue weighted by Gasteiger charge is 2.20. The Morgan fingerprint density at radius 2 is 2.15 bits per heavy atom. The quantitative estimate of drug-likeness (QED) is 0.846. The predicted octanol–water partition coefficient (Wildman–Crippen LogP) is 4.54. The van der Waals surface area contributed by atoms with Crippen molar-refractivity contribution < 1.29 is 4.74 Å². The molecule has 0 radical (unpaired) electrons. The molecule has 2 nitrogen and oxygen atoms in total. The lowest BCUT2D eigenvalue weighted by Crippen LogP contribution is -2.16. The third-order valence-electron chi connectivity index (χ3n) is 3.44. The zero-order valence-corrected chi connectivity index (χ0v) is 13.1. The molecule has 1 aliphatic rings. The van der Waals surface area contributed by atoms with Crippen molar-refractivity contribution in [1.29, 1.82) is 0 Å². The Kier molecular flexibility index (Phi) is 4.29. The number of rotatable bonds is 6. The summed E-state index contributed by atoms with van der Waals surface area (Å²) < 4.78 is 6.84. The van der Waals surface area contributed by atoms with Crippen molar-refractivity contribution in [2.75, 3.05) is 0 Å². The van der Waals surface area contributed by atoms with E-state index in [0.717, 1.165) is 21.5 Å². The van der Waals surface area contributed by atoms with E-state index >= 15 is 0 Å². The Hall–Kier alpha value is -1.03. The molecule has 0 unspecified atom stereocenters. The Balaban J connectivity index is 1.69. The highest BCUT2D eigenvalue weighted by molar-refractivity contribution is 7.16. The van der Waals surface area contributed by atoms with E-state index in [1.54, 1.807) is 11.3 Å². The molecule has 2 aromatic rings. The predicted molar refractivity (Wildman–Crippen MR) is 84.7 cm³/mol. The second-order valence-electron chi connectivity index (χ2n) is 5.21. The molecule has 1 aromatic carbocycles. The van der Waals surface area contributed by atoms with Crippen LogP contribution in [-0.4, -0.2) is 6.04 Å². The number of nitrogens with one attached hydrogen (secondary N) is 1. The number of hydrogen-bond acceptors (Lipinski definition) is 3. The monoisotopic (exact) mass is 307 g/mol. The minimum Gasteiger partial charge on any atom is -0.487 e. The van der Waals surface area contributed by atoms with Crippen LogP contribution >= 0.6 is 22.9 Å². The second kappa shape index (κ2) is 6.17. The van der Waals surface area contributed by atoms with Crippen LogP contribution in [0.2, 0.25) is 4.34 Å². The SMILES string of the molecule is Cc1cccc(CNC2CC2)c1OCc1ccc(Cl)s1. The molecule has 0 atom stereocenters. The summed E-state index contributed by atoms with van der Waals surface area (Å²) in [4.78, 5) is 1.15. The molecule has 20 heavy (non-hydrogen) atoms. The molecule has 1 fully saturated rings. The number of ether oxygens (including phenoxy) is 1. The van der Waals surface area contributed by atoms with E-state index in [4.69, 9.17) is 16.3 Å². The Labute approximate surface area is 128 Å². The molecular weight excluding hydrogens is 290 g/mol. The lowest BCUT2D eigenvalue weighted by atomic mass is 10.1. The minimum atomic E-state index is 0.582. The van der Waals surface area contributed by atoms with E-state index in [9.17, 15) is 0 Å². The van der Waals surface area contributed by atoms with Gasteiger partial charge in [-0.15, -0.1) is 11.3 Å². The van der Waals surface area contributed by atoms with Crippen molar-refractivity contribution in [1.82, 2.24) is 5.32 Å². The van der Waals surface area contributed by atoms with Crippen LogP contribution in [0, 0.1) is 6.92 Å². The average molecular weight is 308 g/mol. The first kappa shape index (κ1) is 13.9. The van der Waals surface area contributed by atoms with E-state index in [1.807, 2.05) is 12.1 Å². The van der Waals surface area contributed by atoms with Gasteiger partial charge in [-0.1, -0.05) is 29.8 Å². The number of aryl methyl sites for hydroxylation is 1. The van der Waals surface area contributed by atoms with Crippen molar-refractivity contribution in [3.8, 4) is 5.75 Å². The third kappa shape index (κ3) is 3.54. The Morgan fingerprint density at radius 3 is 2.85 bits per heavy atom. The Morgan fingerprint density at radius 1 is 1.30 bits per heavy atom. The first-order valence-corrected chi connectivity index (χ1v) is 8.11. The van der Waals surface area contributed by atoms with Gasteiger partial charge in [0.1, 0.15) is 12.4 Å². The molecule has 1 aliphatic carbocycles. The van der Waals surface area contributed by atoms with Gasteiger partial charge in [-0.2, -0.15) is 0 Å². The molecule has 1 heterocycles. The molecule has 1 N–H and O–H groups in total. The van der Waals surface area contributed by atoms with Crippen LogP contribution in [0.25, 0.3) is 0 Å². The number of hydrogen-bond donors (Lipinski definition) is 1. The summed E-state index contributed by atoms with van der Waals surface area (Å²) in [6.45, 7) is 3.56. The van der Waals surface area contributed by atoms with Gasteiger partial charge in [0.05, 0.1) is 4.34 Å². The molecule has 0 spiro atoms. The topological polar surface area (TPSA) is 21.3 Å². The largest absolute Gasteiger partial charge is 0.487 e. The van der Waals surface area contributed by atoms with Gasteiger partial charge in [-0.3, -0.25) is 0 Å². The van der Waals surface area contributed by atoms with E-state index < -0.39 is 0 Å². The first-order valence-electron chi connectivity index (χ1n) is 6.91. The number of benzene rings is 1. The summed E-state index contributed by atoms with van der Waals surface area (Å²) >= 11 is 7.52. The highest BCUT2D eigenvalue weighted by Crippen LogP contribution is 2.28. The normalized spacial score (nSPS) is 14.5. The molecule has 0 amide bonds. The molecule has 106 valence electrons.